The van der Waals surface area contributed by atoms with E-state index in [2.05, 4.69) is 17.2 Å². The summed E-state index contributed by atoms with van der Waals surface area (Å²) in [6.45, 7) is 2.63. The van der Waals surface area contributed by atoms with Gasteiger partial charge in [-0.2, -0.15) is 0 Å². The fraction of sp³-hybridized carbons (Fsp3) is 0.292. The summed E-state index contributed by atoms with van der Waals surface area (Å²) in [5.74, 6) is 5.78. The number of ether oxygens (including phenoxy) is 3. The molecule has 0 radical (unpaired) electrons. The van der Waals surface area contributed by atoms with Gasteiger partial charge in [0.1, 0.15) is 13.2 Å². The second-order valence-corrected chi connectivity index (χ2v) is 6.33. The Bertz CT molecular complexity index is 908. The molecule has 0 heterocycles. The van der Waals surface area contributed by atoms with Gasteiger partial charge in [0.05, 0.1) is 7.11 Å². The molecule has 0 aliphatic rings. The molecule has 5 nitrogen and oxygen atoms in total. The molecule has 1 N–H and O–H groups in total. The molecule has 2 aromatic carbocycles. The van der Waals surface area contributed by atoms with Gasteiger partial charge in [-0.25, -0.2) is 0 Å². The van der Waals surface area contributed by atoms with Crippen LogP contribution in [-0.2, 0) is 16.0 Å². The third-order valence-corrected chi connectivity index (χ3v) is 4.17. The lowest BCUT2D eigenvalue weighted by atomic mass is 10.1. The number of aryl methyl sites for hydroxylation is 1. The van der Waals surface area contributed by atoms with Crippen LogP contribution < -0.4 is 14.8 Å². The van der Waals surface area contributed by atoms with Crippen molar-refractivity contribution in [3.63, 3.8) is 0 Å². The summed E-state index contributed by atoms with van der Waals surface area (Å²) in [6, 6.07) is 13.2. The van der Waals surface area contributed by atoms with E-state index < -0.39 is 6.10 Å². The second-order valence-electron chi connectivity index (χ2n) is 6.33. The van der Waals surface area contributed by atoms with E-state index in [1.165, 1.54) is 0 Å². The molecule has 0 saturated carbocycles. The average molecular weight is 391 g/mol. The number of terminal acetylenes is 2. The third-order valence-electron chi connectivity index (χ3n) is 4.17. The van der Waals surface area contributed by atoms with Crippen LogP contribution in [0.2, 0.25) is 0 Å². The maximum Gasteiger partial charge on any atom is 0.253 e. The first-order valence-corrected chi connectivity index (χ1v) is 9.21. The largest absolute Gasteiger partial charge is 0.493 e. The fourth-order valence-electron chi connectivity index (χ4n) is 2.82. The molecule has 1 atom stereocenters. The van der Waals surface area contributed by atoms with Gasteiger partial charge in [0, 0.05) is 6.54 Å². The van der Waals surface area contributed by atoms with Crippen LogP contribution in [0.1, 0.15) is 22.8 Å². The van der Waals surface area contributed by atoms with Gasteiger partial charge in [-0.05, 0) is 36.6 Å². The lowest BCUT2D eigenvalue weighted by Gasteiger charge is -2.17. The van der Waals surface area contributed by atoms with Crippen molar-refractivity contribution in [2.45, 2.75) is 19.4 Å². The molecule has 29 heavy (non-hydrogen) atoms. The normalized spacial score (nSPS) is 11.0. The molecule has 0 aliphatic heterocycles. The summed E-state index contributed by atoms with van der Waals surface area (Å²) in [5, 5.41) is 2.91. The smallest absolute Gasteiger partial charge is 0.253 e. The van der Waals surface area contributed by atoms with Crippen molar-refractivity contribution < 1.29 is 19.0 Å². The molecule has 0 aromatic heterocycles. The van der Waals surface area contributed by atoms with Crippen molar-refractivity contribution in [3.05, 3.63) is 59.2 Å². The number of methoxy groups -OCH3 is 1. The topological polar surface area (TPSA) is 56.8 Å². The standard InChI is InChI=1S/C24H25NO4/c1-5-14-28-21-11-10-19(17-22(21)27-4)12-13-25-24(26)23(29-15-6-2)20-9-7-8-18(3)16-20/h1-2,7-11,16-17,23H,12-15H2,3-4H3,(H,25,26). The van der Waals surface area contributed by atoms with Crippen LogP contribution in [-0.4, -0.2) is 32.8 Å². The molecule has 150 valence electrons. The summed E-state index contributed by atoms with van der Waals surface area (Å²) >= 11 is 0. The summed E-state index contributed by atoms with van der Waals surface area (Å²) in [4.78, 5) is 12.7. The van der Waals surface area contributed by atoms with E-state index in [4.69, 9.17) is 27.1 Å². The number of benzene rings is 2. The number of nitrogens with one attached hydrogen (secondary N) is 1. The highest BCUT2D eigenvalue weighted by Gasteiger charge is 2.21. The lowest BCUT2D eigenvalue weighted by molar-refractivity contribution is -0.132. The minimum absolute atomic E-state index is 0.0579. The zero-order valence-electron chi connectivity index (χ0n) is 16.7. The minimum Gasteiger partial charge on any atom is -0.493 e. The quantitative estimate of drug-likeness (QED) is 0.633. The van der Waals surface area contributed by atoms with Gasteiger partial charge >= 0.3 is 0 Å². The first kappa shape index (κ1) is 21.9. The van der Waals surface area contributed by atoms with Gasteiger partial charge in [0.25, 0.3) is 5.91 Å². The highest BCUT2D eigenvalue weighted by Crippen LogP contribution is 2.28. The summed E-state index contributed by atoms with van der Waals surface area (Å²) in [5.41, 5.74) is 2.81. The van der Waals surface area contributed by atoms with Crippen molar-refractivity contribution >= 4 is 5.91 Å². The molecule has 1 amide bonds. The van der Waals surface area contributed by atoms with Crippen LogP contribution in [0.3, 0.4) is 0 Å². The van der Waals surface area contributed by atoms with E-state index in [9.17, 15) is 4.79 Å². The lowest BCUT2D eigenvalue weighted by Crippen LogP contribution is -2.32. The van der Waals surface area contributed by atoms with Gasteiger partial charge in [-0.1, -0.05) is 47.7 Å². The van der Waals surface area contributed by atoms with Crippen LogP contribution in [0, 0.1) is 31.6 Å². The van der Waals surface area contributed by atoms with E-state index in [0.717, 1.165) is 16.7 Å². The zero-order chi connectivity index (χ0) is 21.1. The molecule has 2 rings (SSSR count). The summed E-state index contributed by atoms with van der Waals surface area (Å²) < 4.78 is 16.4. The highest BCUT2D eigenvalue weighted by molar-refractivity contribution is 5.82. The van der Waals surface area contributed by atoms with E-state index in [-0.39, 0.29) is 19.1 Å². The van der Waals surface area contributed by atoms with Gasteiger partial charge in [0.15, 0.2) is 17.6 Å². The number of hydrogen-bond donors (Lipinski definition) is 1. The number of carbonyl (C=O) groups excluding carboxylic acids is 1. The summed E-state index contributed by atoms with van der Waals surface area (Å²) in [6.07, 6.45) is 10.4. The predicted molar refractivity (Wildman–Crippen MR) is 113 cm³/mol. The molecule has 0 bridgehead atoms. The zero-order valence-corrected chi connectivity index (χ0v) is 16.7. The maximum absolute atomic E-state index is 12.7. The van der Waals surface area contributed by atoms with Crippen LogP contribution in [0.25, 0.3) is 0 Å². The minimum atomic E-state index is -0.750. The molecule has 1 unspecified atom stereocenters. The third kappa shape index (κ3) is 6.60. The Hall–Kier alpha value is -3.41. The predicted octanol–water partition coefficient (Wildman–Crippen LogP) is 3.07. The van der Waals surface area contributed by atoms with E-state index in [1.54, 1.807) is 13.2 Å². The molecule has 2 aromatic rings. The van der Waals surface area contributed by atoms with Gasteiger partial charge < -0.3 is 19.5 Å². The molecule has 5 heteroatoms. The van der Waals surface area contributed by atoms with Crippen LogP contribution >= 0.6 is 0 Å². The van der Waals surface area contributed by atoms with Gasteiger partial charge in [-0.3, -0.25) is 4.79 Å². The molecule has 0 aliphatic carbocycles. The molecule has 0 saturated heterocycles. The number of hydrogen-bond acceptors (Lipinski definition) is 4. The van der Waals surface area contributed by atoms with Crippen LogP contribution in [0.15, 0.2) is 42.5 Å². The number of amides is 1. The Labute approximate surface area is 172 Å². The molecular weight excluding hydrogens is 366 g/mol. The van der Waals surface area contributed by atoms with Crippen LogP contribution in [0.5, 0.6) is 11.5 Å². The number of carbonyl (C=O) groups is 1. The van der Waals surface area contributed by atoms with Gasteiger partial charge in [0.2, 0.25) is 0 Å². The Kier molecular flexibility index (Phi) is 8.63. The molecule has 0 spiro atoms. The first-order chi connectivity index (χ1) is 14.1. The highest BCUT2D eigenvalue weighted by atomic mass is 16.5. The summed E-state index contributed by atoms with van der Waals surface area (Å²) in [7, 11) is 1.57. The SMILES string of the molecule is C#CCOc1ccc(CCNC(=O)C(OCC#C)c2cccc(C)c2)cc1OC. The van der Waals surface area contributed by atoms with Crippen LogP contribution in [0.4, 0.5) is 0 Å². The van der Waals surface area contributed by atoms with E-state index in [0.29, 0.717) is 24.5 Å². The first-order valence-electron chi connectivity index (χ1n) is 9.21. The number of rotatable bonds is 10. The average Bonchev–Trinajstić information content (AvgIpc) is 2.73. The Balaban J connectivity index is 1.99. The Morgan fingerprint density at radius 2 is 1.90 bits per heavy atom. The van der Waals surface area contributed by atoms with Crippen molar-refractivity contribution in [3.8, 4) is 36.2 Å². The van der Waals surface area contributed by atoms with E-state index in [1.807, 2.05) is 43.3 Å². The van der Waals surface area contributed by atoms with Crippen molar-refractivity contribution in [1.29, 1.82) is 0 Å². The van der Waals surface area contributed by atoms with Crippen molar-refractivity contribution in [2.24, 2.45) is 0 Å². The maximum atomic E-state index is 12.7. The fourth-order valence-corrected chi connectivity index (χ4v) is 2.82. The Morgan fingerprint density at radius 1 is 1.10 bits per heavy atom. The molecular formula is C24H25NO4. The molecule has 0 fully saturated rings. The monoisotopic (exact) mass is 391 g/mol. The van der Waals surface area contributed by atoms with Gasteiger partial charge in [-0.15, -0.1) is 12.8 Å². The van der Waals surface area contributed by atoms with Crippen molar-refractivity contribution in [2.75, 3.05) is 26.9 Å². The van der Waals surface area contributed by atoms with E-state index >= 15 is 0 Å². The second kappa shape index (κ2) is 11.4. The Morgan fingerprint density at radius 3 is 2.59 bits per heavy atom. The van der Waals surface area contributed by atoms with Crippen molar-refractivity contribution in [1.82, 2.24) is 5.32 Å².